The molecule has 0 aliphatic carbocycles. The molecular formula is C12H12ClNO6. The molecule has 0 fully saturated rings. The van der Waals surface area contributed by atoms with E-state index < -0.39 is 30.3 Å². The van der Waals surface area contributed by atoms with Crippen LogP contribution in [0.5, 0.6) is 5.75 Å². The second kappa shape index (κ2) is 6.76. The first kappa shape index (κ1) is 15.8. The van der Waals surface area contributed by atoms with E-state index >= 15 is 0 Å². The highest BCUT2D eigenvalue weighted by Crippen LogP contribution is 2.22. The Balaban J connectivity index is 2.96. The molecule has 1 rings (SSSR count). The summed E-state index contributed by atoms with van der Waals surface area (Å²) >= 11 is 5.76. The maximum Gasteiger partial charge on any atom is 0.326 e. The largest absolute Gasteiger partial charge is 0.496 e. The van der Waals surface area contributed by atoms with Crippen LogP contribution in [0.3, 0.4) is 0 Å². The number of carboxylic acid groups (broad SMARTS) is 2. The fraction of sp³-hybridized carbons (Fsp3) is 0.250. The lowest BCUT2D eigenvalue weighted by atomic mass is 10.1. The molecule has 108 valence electrons. The van der Waals surface area contributed by atoms with Gasteiger partial charge in [-0.05, 0) is 18.2 Å². The van der Waals surface area contributed by atoms with Gasteiger partial charge < -0.3 is 20.3 Å². The number of amides is 1. The number of rotatable bonds is 6. The van der Waals surface area contributed by atoms with Gasteiger partial charge in [-0.15, -0.1) is 0 Å². The molecule has 0 aromatic heterocycles. The van der Waals surface area contributed by atoms with E-state index in [1.807, 2.05) is 0 Å². The van der Waals surface area contributed by atoms with Crippen LogP contribution in [0.1, 0.15) is 16.8 Å². The van der Waals surface area contributed by atoms with Gasteiger partial charge in [0.15, 0.2) is 0 Å². The fourth-order valence-electron chi connectivity index (χ4n) is 1.47. The molecule has 0 aliphatic rings. The maximum absolute atomic E-state index is 12.0. The van der Waals surface area contributed by atoms with Crippen molar-refractivity contribution in [2.24, 2.45) is 0 Å². The smallest absolute Gasteiger partial charge is 0.326 e. The third kappa shape index (κ3) is 4.13. The van der Waals surface area contributed by atoms with Crippen molar-refractivity contribution >= 4 is 29.4 Å². The number of benzene rings is 1. The Morgan fingerprint density at radius 2 is 2.00 bits per heavy atom. The molecule has 0 saturated carbocycles. The molecule has 1 aromatic carbocycles. The highest BCUT2D eigenvalue weighted by atomic mass is 35.5. The summed E-state index contributed by atoms with van der Waals surface area (Å²) in [5, 5.41) is 19.8. The van der Waals surface area contributed by atoms with Gasteiger partial charge in [-0.3, -0.25) is 9.59 Å². The van der Waals surface area contributed by atoms with Crippen molar-refractivity contribution in [2.75, 3.05) is 7.11 Å². The van der Waals surface area contributed by atoms with E-state index in [4.69, 9.17) is 26.6 Å². The van der Waals surface area contributed by atoms with Crippen LogP contribution >= 0.6 is 11.6 Å². The van der Waals surface area contributed by atoms with Crippen molar-refractivity contribution in [1.82, 2.24) is 5.32 Å². The number of hydrogen-bond donors (Lipinski definition) is 3. The van der Waals surface area contributed by atoms with Gasteiger partial charge in [0.05, 0.1) is 19.1 Å². The first-order valence-corrected chi connectivity index (χ1v) is 5.82. The minimum absolute atomic E-state index is 0.0247. The summed E-state index contributed by atoms with van der Waals surface area (Å²) in [6.07, 6.45) is -0.732. The van der Waals surface area contributed by atoms with Crippen molar-refractivity contribution in [3.05, 3.63) is 28.8 Å². The molecule has 0 radical (unpaired) electrons. The molecule has 0 aliphatic heterocycles. The minimum atomic E-state index is -1.54. The molecule has 1 atom stereocenters. The van der Waals surface area contributed by atoms with Gasteiger partial charge in [-0.2, -0.15) is 0 Å². The Hall–Kier alpha value is -2.28. The van der Waals surface area contributed by atoms with Gasteiger partial charge in [0, 0.05) is 5.02 Å². The van der Waals surface area contributed by atoms with Gasteiger partial charge in [-0.1, -0.05) is 11.6 Å². The number of carboxylic acids is 2. The van der Waals surface area contributed by atoms with Crippen LogP contribution in [0.25, 0.3) is 0 Å². The van der Waals surface area contributed by atoms with E-state index in [9.17, 15) is 14.4 Å². The first-order valence-electron chi connectivity index (χ1n) is 5.44. The summed E-state index contributed by atoms with van der Waals surface area (Å²) in [6.45, 7) is 0. The fourth-order valence-corrected chi connectivity index (χ4v) is 1.64. The average molecular weight is 302 g/mol. The molecule has 8 heteroatoms. The number of carbonyl (C=O) groups excluding carboxylic acids is 1. The lowest BCUT2D eigenvalue weighted by molar-refractivity contribution is -0.145. The lowest BCUT2D eigenvalue weighted by Crippen LogP contribution is -2.42. The van der Waals surface area contributed by atoms with Crippen molar-refractivity contribution in [3.8, 4) is 5.75 Å². The average Bonchev–Trinajstić information content (AvgIpc) is 2.37. The van der Waals surface area contributed by atoms with E-state index in [0.717, 1.165) is 0 Å². The second-order valence-electron chi connectivity index (χ2n) is 3.81. The summed E-state index contributed by atoms with van der Waals surface area (Å²) in [5.41, 5.74) is 0.0247. The topological polar surface area (TPSA) is 113 Å². The zero-order valence-electron chi connectivity index (χ0n) is 10.4. The molecule has 3 N–H and O–H groups in total. The van der Waals surface area contributed by atoms with E-state index in [0.29, 0.717) is 0 Å². The Labute approximate surface area is 119 Å². The quantitative estimate of drug-likeness (QED) is 0.722. The number of aliphatic carboxylic acids is 2. The normalized spacial score (nSPS) is 11.5. The van der Waals surface area contributed by atoms with Gasteiger partial charge in [0.1, 0.15) is 11.8 Å². The van der Waals surface area contributed by atoms with Crippen LogP contribution in [-0.4, -0.2) is 41.2 Å². The molecular weight excluding hydrogens is 290 g/mol. The molecule has 0 unspecified atom stereocenters. The predicted molar refractivity (Wildman–Crippen MR) is 69.1 cm³/mol. The molecule has 1 aromatic rings. The van der Waals surface area contributed by atoms with Crippen LogP contribution in [0, 0.1) is 0 Å². The van der Waals surface area contributed by atoms with E-state index in [-0.39, 0.29) is 16.3 Å². The number of nitrogens with one attached hydrogen (secondary N) is 1. The van der Waals surface area contributed by atoms with Crippen LogP contribution in [0.2, 0.25) is 5.02 Å². The van der Waals surface area contributed by atoms with E-state index in [1.165, 1.54) is 25.3 Å². The number of carbonyl (C=O) groups is 3. The number of methoxy groups -OCH3 is 1. The van der Waals surface area contributed by atoms with Crippen LogP contribution in [-0.2, 0) is 9.59 Å². The Bertz CT molecular complexity index is 545. The SMILES string of the molecule is COc1ccc(Cl)cc1C(=O)N[C@H](CC(=O)O)C(=O)O. The monoisotopic (exact) mass is 301 g/mol. The summed E-state index contributed by atoms with van der Waals surface area (Å²) in [7, 11) is 1.34. The molecule has 1 amide bonds. The van der Waals surface area contributed by atoms with Gasteiger partial charge in [0.2, 0.25) is 0 Å². The molecule has 0 spiro atoms. The third-order valence-corrected chi connectivity index (χ3v) is 2.62. The zero-order chi connectivity index (χ0) is 15.3. The standard InChI is InChI=1S/C12H12ClNO6/c1-20-9-3-2-6(13)4-7(9)11(17)14-8(12(18)19)5-10(15)16/h2-4,8H,5H2,1H3,(H,14,17)(H,15,16)(H,18,19)/t8-/m1/s1. The van der Waals surface area contributed by atoms with E-state index in [2.05, 4.69) is 5.32 Å². The zero-order valence-corrected chi connectivity index (χ0v) is 11.2. The highest BCUT2D eigenvalue weighted by molar-refractivity contribution is 6.31. The minimum Gasteiger partial charge on any atom is -0.496 e. The summed E-state index contributed by atoms with van der Waals surface area (Å²) < 4.78 is 4.96. The Kier molecular flexibility index (Phi) is 5.33. The molecule has 0 saturated heterocycles. The Morgan fingerprint density at radius 3 is 2.50 bits per heavy atom. The van der Waals surface area contributed by atoms with Crippen molar-refractivity contribution < 1.29 is 29.3 Å². The van der Waals surface area contributed by atoms with Crippen LogP contribution < -0.4 is 10.1 Å². The van der Waals surface area contributed by atoms with Crippen molar-refractivity contribution in [3.63, 3.8) is 0 Å². The predicted octanol–water partition coefficient (Wildman–Crippen LogP) is 1.01. The highest BCUT2D eigenvalue weighted by Gasteiger charge is 2.25. The molecule has 0 bridgehead atoms. The molecule has 0 heterocycles. The summed E-state index contributed by atoms with van der Waals surface area (Å²) in [5.74, 6) is -3.36. The maximum atomic E-state index is 12.0. The second-order valence-corrected chi connectivity index (χ2v) is 4.24. The van der Waals surface area contributed by atoms with Crippen molar-refractivity contribution in [1.29, 1.82) is 0 Å². The number of halogens is 1. The van der Waals surface area contributed by atoms with Gasteiger partial charge in [0.25, 0.3) is 5.91 Å². The van der Waals surface area contributed by atoms with Crippen LogP contribution in [0.15, 0.2) is 18.2 Å². The summed E-state index contributed by atoms with van der Waals surface area (Å²) in [4.78, 5) is 33.4. The number of hydrogen-bond acceptors (Lipinski definition) is 4. The van der Waals surface area contributed by atoms with Gasteiger partial charge in [-0.25, -0.2) is 4.79 Å². The molecule has 20 heavy (non-hydrogen) atoms. The number of ether oxygens (including phenoxy) is 1. The Morgan fingerprint density at radius 1 is 1.35 bits per heavy atom. The lowest BCUT2D eigenvalue weighted by Gasteiger charge is -2.14. The summed E-state index contributed by atoms with van der Waals surface area (Å²) in [6, 6.07) is 2.71. The van der Waals surface area contributed by atoms with Gasteiger partial charge >= 0.3 is 11.9 Å². The molecule has 7 nitrogen and oxygen atoms in total. The van der Waals surface area contributed by atoms with Crippen molar-refractivity contribution in [2.45, 2.75) is 12.5 Å². The third-order valence-electron chi connectivity index (χ3n) is 2.39. The van der Waals surface area contributed by atoms with Crippen LogP contribution in [0.4, 0.5) is 0 Å². The van der Waals surface area contributed by atoms with E-state index in [1.54, 1.807) is 0 Å². The first-order chi connectivity index (χ1) is 9.35.